The molecule has 0 saturated heterocycles. The SMILES string of the molecule is COC[C@H](C)NC(=S)NNC(=O)c1cccc(I)c1. The summed E-state index contributed by atoms with van der Waals surface area (Å²) in [4.78, 5) is 11.8. The third-order valence-electron chi connectivity index (χ3n) is 2.17. The smallest absolute Gasteiger partial charge is 0.269 e. The monoisotopic (exact) mass is 393 g/mol. The second-order valence-electron chi connectivity index (χ2n) is 3.92. The number of ether oxygens (including phenoxy) is 1. The summed E-state index contributed by atoms with van der Waals surface area (Å²) in [6.07, 6.45) is 0. The second kappa shape index (κ2) is 8.28. The Balaban J connectivity index is 2.40. The molecule has 0 fully saturated rings. The number of rotatable bonds is 4. The zero-order chi connectivity index (χ0) is 14.3. The number of carbonyl (C=O) groups is 1. The molecular formula is C12H16IN3O2S. The fraction of sp³-hybridized carbons (Fsp3) is 0.333. The van der Waals surface area contributed by atoms with Crippen LogP contribution in [0.15, 0.2) is 24.3 Å². The van der Waals surface area contributed by atoms with E-state index >= 15 is 0 Å². The Morgan fingerprint density at radius 1 is 1.47 bits per heavy atom. The summed E-state index contributed by atoms with van der Waals surface area (Å²) in [7, 11) is 1.62. The molecule has 1 aromatic rings. The maximum absolute atomic E-state index is 11.8. The molecule has 0 aliphatic heterocycles. The molecule has 5 nitrogen and oxygen atoms in total. The van der Waals surface area contributed by atoms with Crippen LogP contribution >= 0.6 is 34.8 Å². The predicted octanol–water partition coefficient (Wildman–Crippen LogP) is 1.44. The van der Waals surface area contributed by atoms with E-state index in [0.29, 0.717) is 17.3 Å². The van der Waals surface area contributed by atoms with Crippen LogP contribution in [0.2, 0.25) is 0 Å². The maximum atomic E-state index is 11.8. The van der Waals surface area contributed by atoms with Crippen LogP contribution in [0.5, 0.6) is 0 Å². The van der Waals surface area contributed by atoms with Crippen molar-refractivity contribution in [1.82, 2.24) is 16.2 Å². The van der Waals surface area contributed by atoms with Gasteiger partial charge < -0.3 is 10.1 Å². The molecule has 0 aliphatic carbocycles. The molecule has 0 aromatic heterocycles. The topological polar surface area (TPSA) is 62.4 Å². The van der Waals surface area contributed by atoms with E-state index in [4.69, 9.17) is 17.0 Å². The first-order valence-corrected chi connectivity index (χ1v) is 7.13. The molecule has 19 heavy (non-hydrogen) atoms. The van der Waals surface area contributed by atoms with Crippen molar-refractivity contribution >= 4 is 45.8 Å². The van der Waals surface area contributed by atoms with Crippen molar-refractivity contribution in [2.45, 2.75) is 13.0 Å². The van der Waals surface area contributed by atoms with E-state index in [1.165, 1.54) is 0 Å². The number of amides is 1. The molecule has 0 unspecified atom stereocenters. The van der Waals surface area contributed by atoms with Crippen LogP contribution in [0.25, 0.3) is 0 Å². The van der Waals surface area contributed by atoms with Gasteiger partial charge >= 0.3 is 0 Å². The van der Waals surface area contributed by atoms with Crippen molar-refractivity contribution < 1.29 is 9.53 Å². The van der Waals surface area contributed by atoms with Crippen molar-refractivity contribution in [3.05, 3.63) is 33.4 Å². The Kier molecular flexibility index (Phi) is 7.03. The number of methoxy groups -OCH3 is 1. The van der Waals surface area contributed by atoms with Gasteiger partial charge in [-0.1, -0.05) is 6.07 Å². The van der Waals surface area contributed by atoms with E-state index in [1.807, 2.05) is 19.1 Å². The standard InChI is InChI=1S/C12H16IN3O2S/c1-8(7-18-2)14-12(19)16-15-11(17)9-4-3-5-10(13)6-9/h3-6,8H,7H2,1-2H3,(H,15,17)(H2,14,16,19)/t8-/m0/s1. The molecule has 3 N–H and O–H groups in total. The van der Waals surface area contributed by atoms with Gasteiger partial charge in [-0.3, -0.25) is 15.6 Å². The number of benzene rings is 1. The molecule has 0 spiro atoms. The van der Waals surface area contributed by atoms with Gasteiger partial charge in [-0.2, -0.15) is 0 Å². The highest BCUT2D eigenvalue weighted by Gasteiger charge is 2.07. The second-order valence-corrected chi connectivity index (χ2v) is 5.57. The third-order valence-corrected chi connectivity index (χ3v) is 3.06. The number of hydrazine groups is 1. The zero-order valence-corrected chi connectivity index (χ0v) is 13.7. The number of nitrogens with one attached hydrogen (secondary N) is 3. The Morgan fingerprint density at radius 2 is 2.21 bits per heavy atom. The summed E-state index contributed by atoms with van der Waals surface area (Å²) in [5.74, 6) is -0.234. The van der Waals surface area contributed by atoms with E-state index in [2.05, 4.69) is 38.8 Å². The summed E-state index contributed by atoms with van der Waals surface area (Å²) < 4.78 is 5.97. The van der Waals surface area contributed by atoms with Crippen molar-refractivity contribution in [2.75, 3.05) is 13.7 Å². The van der Waals surface area contributed by atoms with Gasteiger partial charge in [0.25, 0.3) is 5.91 Å². The third kappa shape index (κ3) is 6.17. The Morgan fingerprint density at radius 3 is 2.84 bits per heavy atom. The highest BCUT2D eigenvalue weighted by Crippen LogP contribution is 2.07. The van der Waals surface area contributed by atoms with Crippen molar-refractivity contribution in [3.63, 3.8) is 0 Å². The predicted molar refractivity (Wildman–Crippen MR) is 86.8 cm³/mol. The Labute approximate surface area is 131 Å². The van der Waals surface area contributed by atoms with Gasteiger partial charge in [0, 0.05) is 22.3 Å². The van der Waals surface area contributed by atoms with Gasteiger partial charge in [0.05, 0.1) is 6.61 Å². The van der Waals surface area contributed by atoms with Crippen LogP contribution in [0.3, 0.4) is 0 Å². The van der Waals surface area contributed by atoms with E-state index in [-0.39, 0.29) is 11.9 Å². The lowest BCUT2D eigenvalue weighted by Gasteiger charge is -2.16. The Bertz CT molecular complexity index is 456. The summed E-state index contributed by atoms with van der Waals surface area (Å²) in [6, 6.07) is 7.35. The average molecular weight is 393 g/mol. The van der Waals surface area contributed by atoms with Crippen LogP contribution in [-0.2, 0) is 4.74 Å². The first-order valence-electron chi connectivity index (χ1n) is 5.64. The molecule has 1 amide bonds. The first-order chi connectivity index (χ1) is 9.02. The molecule has 1 atom stereocenters. The normalized spacial score (nSPS) is 11.5. The quantitative estimate of drug-likeness (QED) is 0.411. The number of hydrogen-bond acceptors (Lipinski definition) is 3. The molecule has 0 saturated carbocycles. The molecule has 0 heterocycles. The van der Waals surface area contributed by atoms with E-state index in [1.54, 1.807) is 19.2 Å². The minimum atomic E-state index is -0.234. The maximum Gasteiger partial charge on any atom is 0.269 e. The van der Waals surface area contributed by atoms with Crippen LogP contribution in [0.1, 0.15) is 17.3 Å². The number of thiocarbonyl (C=S) groups is 1. The lowest BCUT2D eigenvalue weighted by atomic mass is 10.2. The number of hydrogen-bond donors (Lipinski definition) is 3. The summed E-state index contributed by atoms with van der Waals surface area (Å²) >= 11 is 7.20. The van der Waals surface area contributed by atoms with Gasteiger partial charge in [-0.15, -0.1) is 0 Å². The largest absolute Gasteiger partial charge is 0.383 e. The highest BCUT2D eigenvalue weighted by molar-refractivity contribution is 14.1. The fourth-order valence-corrected chi connectivity index (χ4v) is 2.16. The minimum Gasteiger partial charge on any atom is -0.383 e. The molecule has 7 heteroatoms. The van der Waals surface area contributed by atoms with Crippen molar-refractivity contribution in [2.24, 2.45) is 0 Å². The van der Waals surface area contributed by atoms with E-state index < -0.39 is 0 Å². The van der Waals surface area contributed by atoms with Crippen molar-refractivity contribution in [1.29, 1.82) is 0 Å². The molecule has 1 aromatic carbocycles. The van der Waals surface area contributed by atoms with Gasteiger partial charge in [0.1, 0.15) is 0 Å². The lowest BCUT2D eigenvalue weighted by molar-refractivity contribution is 0.0943. The number of halogens is 1. The molecule has 104 valence electrons. The van der Waals surface area contributed by atoms with Crippen LogP contribution in [0.4, 0.5) is 0 Å². The molecule has 0 bridgehead atoms. The van der Waals surface area contributed by atoms with Gasteiger partial charge in [0.2, 0.25) is 0 Å². The molecular weight excluding hydrogens is 377 g/mol. The number of carbonyl (C=O) groups excluding carboxylic acids is 1. The summed E-state index contributed by atoms with van der Waals surface area (Å²) in [6.45, 7) is 2.46. The molecule has 0 aliphatic rings. The summed E-state index contributed by atoms with van der Waals surface area (Å²) in [5.41, 5.74) is 5.77. The minimum absolute atomic E-state index is 0.0691. The van der Waals surface area contributed by atoms with Gasteiger partial charge in [0.15, 0.2) is 5.11 Å². The molecule has 1 rings (SSSR count). The molecule has 0 radical (unpaired) electrons. The summed E-state index contributed by atoms with van der Waals surface area (Å²) in [5, 5.41) is 3.33. The lowest BCUT2D eigenvalue weighted by Crippen LogP contribution is -2.49. The van der Waals surface area contributed by atoms with Crippen molar-refractivity contribution in [3.8, 4) is 0 Å². The van der Waals surface area contributed by atoms with Gasteiger partial charge in [-0.25, -0.2) is 0 Å². The fourth-order valence-electron chi connectivity index (χ4n) is 1.37. The van der Waals surface area contributed by atoms with Crippen LogP contribution in [-0.4, -0.2) is 30.8 Å². The zero-order valence-electron chi connectivity index (χ0n) is 10.7. The average Bonchev–Trinajstić information content (AvgIpc) is 2.36. The van der Waals surface area contributed by atoms with Crippen LogP contribution < -0.4 is 16.2 Å². The first kappa shape index (κ1) is 16.1. The van der Waals surface area contributed by atoms with E-state index in [0.717, 1.165) is 3.57 Å². The highest BCUT2D eigenvalue weighted by atomic mass is 127. The van der Waals surface area contributed by atoms with E-state index in [9.17, 15) is 4.79 Å². The Hall–Kier alpha value is -0.930. The van der Waals surface area contributed by atoms with Gasteiger partial charge in [-0.05, 0) is 59.9 Å². The van der Waals surface area contributed by atoms with Crippen LogP contribution in [0, 0.1) is 3.57 Å².